The molecule has 0 radical (unpaired) electrons. The van der Waals surface area contributed by atoms with Crippen molar-refractivity contribution in [3.05, 3.63) is 12.2 Å². The Morgan fingerprint density at radius 3 is 2.82 bits per heavy atom. The molecule has 0 amide bonds. The van der Waals surface area contributed by atoms with Crippen LogP contribution in [0.3, 0.4) is 0 Å². The Morgan fingerprint density at radius 2 is 2.06 bits per heavy atom. The number of ketones is 1. The Labute approximate surface area is 102 Å². The van der Waals surface area contributed by atoms with Crippen LogP contribution in [0.4, 0.5) is 0 Å². The van der Waals surface area contributed by atoms with Crippen LogP contribution < -0.4 is 0 Å². The molecule has 4 rings (SSSR count). The summed E-state index contributed by atoms with van der Waals surface area (Å²) in [5.41, 5.74) is -0.939. The van der Waals surface area contributed by atoms with Crippen molar-refractivity contribution in [2.75, 3.05) is 0 Å². The Hall–Kier alpha value is -0.630. The fraction of sp³-hybridized carbons (Fsp3) is 0.800. The molecule has 6 atom stereocenters. The van der Waals surface area contributed by atoms with Crippen molar-refractivity contribution in [1.82, 2.24) is 0 Å². The second kappa shape index (κ2) is 3.23. The Balaban J connectivity index is 1.76. The van der Waals surface area contributed by atoms with E-state index in [1.165, 1.54) is 6.42 Å². The number of aliphatic hydroxyl groups is 1. The van der Waals surface area contributed by atoms with E-state index in [-0.39, 0.29) is 11.7 Å². The molecule has 92 valence electrons. The molecule has 1 N–H and O–H groups in total. The second-order valence-corrected chi connectivity index (χ2v) is 6.58. The predicted molar refractivity (Wildman–Crippen MR) is 64.2 cm³/mol. The third kappa shape index (κ3) is 1.13. The van der Waals surface area contributed by atoms with Gasteiger partial charge in [0.15, 0.2) is 5.78 Å². The SMILES string of the molecule is O=C1C[C@@H]2CCC=C[C@@H]2[C@@H]2C[C@@H]3CC[C@@H]3C12O. The van der Waals surface area contributed by atoms with Gasteiger partial charge in [0.1, 0.15) is 5.60 Å². The lowest BCUT2D eigenvalue weighted by Crippen LogP contribution is -2.57. The number of fused-ring (bicyclic) bond motifs is 5. The normalized spacial score (nSPS) is 55.8. The van der Waals surface area contributed by atoms with Gasteiger partial charge in [0.05, 0.1) is 0 Å². The van der Waals surface area contributed by atoms with E-state index in [4.69, 9.17) is 0 Å². The van der Waals surface area contributed by atoms with Crippen LogP contribution in [0.5, 0.6) is 0 Å². The van der Waals surface area contributed by atoms with Gasteiger partial charge in [-0.15, -0.1) is 0 Å². The molecule has 0 aromatic carbocycles. The fourth-order valence-corrected chi connectivity index (χ4v) is 5.09. The zero-order chi connectivity index (χ0) is 11.6. The smallest absolute Gasteiger partial charge is 0.165 e. The van der Waals surface area contributed by atoms with Gasteiger partial charge in [0.2, 0.25) is 0 Å². The molecular formula is C15H20O2. The van der Waals surface area contributed by atoms with Crippen molar-refractivity contribution in [3.63, 3.8) is 0 Å². The summed E-state index contributed by atoms with van der Waals surface area (Å²) in [6, 6.07) is 0. The van der Waals surface area contributed by atoms with Crippen LogP contribution in [0.2, 0.25) is 0 Å². The zero-order valence-electron chi connectivity index (χ0n) is 10.1. The topological polar surface area (TPSA) is 37.3 Å². The number of hydrogen-bond donors (Lipinski definition) is 1. The Bertz CT molecular complexity index is 400. The van der Waals surface area contributed by atoms with E-state index in [1.54, 1.807) is 0 Å². The van der Waals surface area contributed by atoms with Crippen molar-refractivity contribution in [2.24, 2.45) is 29.6 Å². The molecule has 3 saturated carbocycles. The van der Waals surface area contributed by atoms with Crippen molar-refractivity contribution in [1.29, 1.82) is 0 Å². The minimum atomic E-state index is -0.939. The summed E-state index contributed by atoms with van der Waals surface area (Å²) in [5.74, 6) is 2.36. The molecule has 0 spiro atoms. The molecule has 0 heterocycles. The zero-order valence-corrected chi connectivity index (χ0v) is 10.1. The van der Waals surface area contributed by atoms with Crippen molar-refractivity contribution in [2.45, 2.75) is 44.1 Å². The van der Waals surface area contributed by atoms with Gasteiger partial charge < -0.3 is 5.11 Å². The summed E-state index contributed by atoms with van der Waals surface area (Å²) in [6.07, 6.45) is 10.9. The monoisotopic (exact) mass is 232 g/mol. The van der Waals surface area contributed by atoms with E-state index < -0.39 is 5.60 Å². The third-order valence-corrected chi connectivity index (χ3v) is 6.07. The van der Waals surface area contributed by atoms with Gasteiger partial charge >= 0.3 is 0 Å². The summed E-state index contributed by atoms with van der Waals surface area (Å²) < 4.78 is 0. The quantitative estimate of drug-likeness (QED) is 0.651. The van der Waals surface area contributed by atoms with Crippen LogP contribution in [0.25, 0.3) is 0 Å². The molecule has 0 bridgehead atoms. The molecule has 17 heavy (non-hydrogen) atoms. The summed E-state index contributed by atoms with van der Waals surface area (Å²) in [7, 11) is 0. The second-order valence-electron chi connectivity index (χ2n) is 6.58. The van der Waals surface area contributed by atoms with Gasteiger partial charge in [-0.1, -0.05) is 12.2 Å². The first kappa shape index (κ1) is 10.3. The molecule has 0 saturated heterocycles. The molecule has 0 aromatic rings. The summed E-state index contributed by atoms with van der Waals surface area (Å²) >= 11 is 0. The minimum absolute atomic E-state index is 0.172. The van der Waals surface area contributed by atoms with Gasteiger partial charge in [-0.3, -0.25) is 4.79 Å². The van der Waals surface area contributed by atoms with Crippen LogP contribution >= 0.6 is 0 Å². The van der Waals surface area contributed by atoms with Gasteiger partial charge in [-0.25, -0.2) is 0 Å². The lowest BCUT2D eigenvalue weighted by atomic mass is 9.59. The predicted octanol–water partition coefficient (Wildman–Crippen LogP) is 2.32. The van der Waals surface area contributed by atoms with Crippen LogP contribution in [0, 0.1) is 29.6 Å². The molecule has 0 aromatic heterocycles. The molecule has 3 fully saturated rings. The Kier molecular flexibility index (Phi) is 1.96. The average Bonchev–Trinajstić information content (AvgIpc) is 2.48. The Morgan fingerprint density at radius 1 is 1.18 bits per heavy atom. The highest BCUT2D eigenvalue weighted by Crippen LogP contribution is 2.62. The first-order valence-corrected chi connectivity index (χ1v) is 7.13. The van der Waals surface area contributed by atoms with Gasteiger partial charge in [-0.05, 0) is 55.8 Å². The molecule has 0 aliphatic heterocycles. The summed E-state index contributed by atoms with van der Waals surface area (Å²) in [6.45, 7) is 0. The van der Waals surface area contributed by atoms with Crippen LogP contribution in [0.15, 0.2) is 12.2 Å². The van der Waals surface area contributed by atoms with Crippen LogP contribution in [-0.2, 0) is 4.79 Å². The maximum absolute atomic E-state index is 12.4. The first-order valence-electron chi connectivity index (χ1n) is 7.13. The van der Waals surface area contributed by atoms with E-state index in [0.717, 1.165) is 25.7 Å². The highest BCUT2D eigenvalue weighted by Gasteiger charge is 2.65. The number of hydrogen-bond acceptors (Lipinski definition) is 2. The van der Waals surface area contributed by atoms with Crippen molar-refractivity contribution < 1.29 is 9.90 Å². The van der Waals surface area contributed by atoms with E-state index in [1.807, 2.05) is 0 Å². The largest absolute Gasteiger partial charge is 0.381 e. The van der Waals surface area contributed by atoms with Crippen molar-refractivity contribution in [3.8, 4) is 0 Å². The van der Waals surface area contributed by atoms with Gasteiger partial charge in [0.25, 0.3) is 0 Å². The van der Waals surface area contributed by atoms with Gasteiger partial charge in [-0.2, -0.15) is 0 Å². The fourth-order valence-electron chi connectivity index (χ4n) is 5.09. The molecule has 4 aliphatic rings. The minimum Gasteiger partial charge on any atom is -0.381 e. The lowest BCUT2D eigenvalue weighted by molar-refractivity contribution is -0.162. The van der Waals surface area contributed by atoms with E-state index >= 15 is 0 Å². The number of carbonyl (C=O) groups is 1. The van der Waals surface area contributed by atoms with Crippen LogP contribution in [0.1, 0.15) is 38.5 Å². The number of rotatable bonds is 0. The van der Waals surface area contributed by atoms with E-state index in [2.05, 4.69) is 12.2 Å². The number of allylic oxidation sites excluding steroid dienone is 2. The highest BCUT2D eigenvalue weighted by molar-refractivity contribution is 5.89. The maximum atomic E-state index is 12.4. The standard InChI is InChI=1S/C15H20O2/c16-14-8-9-3-1-2-4-11(9)13-7-10-5-6-12(10)15(13,14)17/h2,4,9-13,17H,1,3,5-8H2/t9-,10-,11-,12-,13-,15?/m0/s1. The third-order valence-electron chi connectivity index (χ3n) is 6.07. The van der Waals surface area contributed by atoms with E-state index in [0.29, 0.717) is 30.1 Å². The van der Waals surface area contributed by atoms with Crippen molar-refractivity contribution >= 4 is 5.78 Å². The van der Waals surface area contributed by atoms with E-state index in [9.17, 15) is 9.90 Å². The number of Topliss-reactive ketones (excluding diaryl/α,β-unsaturated/α-hetero) is 1. The first-order chi connectivity index (χ1) is 8.21. The number of carbonyl (C=O) groups excluding carboxylic acids is 1. The molecular weight excluding hydrogens is 212 g/mol. The van der Waals surface area contributed by atoms with Crippen LogP contribution in [-0.4, -0.2) is 16.5 Å². The average molecular weight is 232 g/mol. The summed E-state index contributed by atoms with van der Waals surface area (Å²) in [5, 5.41) is 10.9. The van der Waals surface area contributed by atoms with Gasteiger partial charge in [0, 0.05) is 12.3 Å². The molecule has 2 nitrogen and oxygen atoms in total. The molecule has 2 heteroatoms. The lowest BCUT2D eigenvalue weighted by Gasteiger charge is -2.47. The molecule has 1 unspecified atom stereocenters. The maximum Gasteiger partial charge on any atom is 0.165 e. The summed E-state index contributed by atoms with van der Waals surface area (Å²) in [4.78, 5) is 12.4. The highest BCUT2D eigenvalue weighted by atomic mass is 16.3. The molecule has 4 aliphatic carbocycles.